The van der Waals surface area contributed by atoms with Crippen molar-refractivity contribution in [1.29, 1.82) is 0 Å². The van der Waals surface area contributed by atoms with Crippen LogP contribution >= 0.6 is 0 Å². The van der Waals surface area contributed by atoms with Crippen LogP contribution in [0.5, 0.6) is 0 Å². The molecular weight excluding hydrogens is 376 g/mol. The molecular formula is C21H30N2O6. The quantitative estimate of drug-likeness (QED) is 0.596. The van der Waals surface area contributed by atoms with Gasteiger partial charge < -0.3 is 24.4 Å². The number of ether oxygens (including phenoxy) is 3. The molecule has 2 amide bonds. The predicted molar refractivity (Wildman–Crippen MR) is 106 cm³/mol. The minimum Gasteiger partial charge on any atom is -0.466 e. The van der Waals surface area contributed by atoms with Crippen molar-refractivity contribution in [2.75, 3.05) is 19.7 Å². The number of hydrogen-bond acceptors (Lipinski definition) is 6. The van der Waals surface area contributed by atoms with Gasteiger partial charge in [-0.05, 0) is 39.7 Å². The van der Waals surface area contributed by atoms with Gasteiger partial charge in [-0.15, -0.1) is 0 Å². The third kappa shape index (κ3) is 7.29. The Morgan fingerprint density at radius 2 is 1.83 bits per heavy atom. The summed E-state index contributed by atoms with van der Waals surface area (Å²) >= 11 is 0. The molecule has 0 aromatic heterocycles. The fraction of sp³-hybridized carbons (Fsp3) is 0.571. The second-order valence-electron chi connectivity index (χ2n) is 7.89. The number of nitrogens with zero attached hydrogens (tertiary/aromatic N) is 1. The Labute approximate surface area is 171 Å². The normalized spacial score (nSPS) is 19.2. The Kier molecular flexibility index (Phi) is 7.87. The maximum atomic E-state index is 12.4. The number of alkyl carbamates (subject to hydrolysis) is 1. The standard InChI is InChI=1S/C21H30N2O6/c1-5-27-18(24)16-13-23(20(26)29-21(2,3)4)12-11-17(16)22-19(25)28-14-15-9-7-6-8-10-15/h6-10,16-17H,5,11-14H2,1-4H3,(H,22,25)/t16-,17-/m0/s1. The van der Waals surface area contributed by atoms with Crippen LogP contribution in [0.15, 0.2) is 30.3 Å². The van der Waals surface area contributed by atoms with E-state index in [1.54, 1.807) is 27.7 Å². The molecule has 1 fully saturated rings. The maximum absolute atomic E-state index is 12.4. The lowest BCUT2D eigenvalue weighted by molar-refractivity contribution is -0.150. The Morgan fingerprint density at radius 3 is 2.45 bits per heavy atom. The molecule has 1 N–H and O–H groups in total. The largest absolute Gasteiger partial charge is 0.466 e. The topological polar surface area (TPSA) is 94.2 Å². The molecule has 0 unspecified atom stereocenters. The molecule has 2 rings (SSSR count). The smallest absolute Gasteiger partial charge is 0.410 e. The highest BCUT2D eigenvalue weighted by molar-refractivity contribution is 5.77. The van der Waals surface area contributed by atoms with Gasteiger partial charge in [0.05, 0.1) is 12.5 Å². The fourth-order valence-electron chi connectivity index (χ4n) is 3.02. The summed E-state index contributed by atoms with van der Waals surface area (Å²) in [6.07, 6.45) is -0.709. The predicted octanol–water partition coefficient (Wildman–Crippen LogP) is 3.10. The van der Waals surface area contributed by atoms with Crippen molar-refractivity contribution in [1.82, 2.24) is 10.2 Å². The van der Waals surface area contributed by atoms with Gasteiger partial charge in [0, 0.05) is 19.1 Å². The van der Waals surface area contributed by atoms with Gasteiger partial charge in [0.1, 0.15) is 12.2 Å². The number of carbonyl (C=O) groups is 3. The molecule has 160 valence electrons. The second kappa shape index (κ2) is 10.1. The monoisotopic (exact) mass is 406 g/mol. The number of rotatable bonds is 5. The first-order chi connectivity index (χ1) is 13.7. The lowest BCUT2D eigenvalue weighted by Crippen LogP contribution is -2.55. The van der Waals surface area contributed by atoms with Crippen LogP contribution in [-0.2, 0) is 25.6 Å². The summed E-state index contributed by atoms with van der Waals surface area (Å²) < 4.78 is 15.8. The molecule has 1 aromatic rings. The highest BCUT2D eigenvalue weighted by Crippen LogP contribution is 2.21. The van der Waals surface area contributed by atoms with E-state index in [1.807, 2.05) is 30.3 Å². The zero-order valence-electron chi connectivity index (χ0n) is 17.5. The highest BCUT2D eigenvalue weighted by atomic mass is 16.6. The number of hydrogen-bond donors (Lipinski definition) is 1. The second-order valence-corrected chi connectivity index (χ2v) is 7.89. The van der Waals surface area contributed by atoms with Crippen LogP contribution in [0.4, 0.5) is 9.59 Å². The molecule has 0 saturated carbocycles. The summed E-state index contributed by atoms with van der Waals surface area (Å²) in [7, 11) is 0. The Hall–Kier alpha value is -2.77. The van der Waals surface area contributed by atoms with Gasteiger partial charge >= 0.3 is 18.2 Å². The highest BCUT2D eigenvalue weighted by Gasteiger charge is 2.39. The number of amides is 2. The van der Waals surface area contributed by atoms with E-state index in [-0.39, 0.29) is 19.8 Å². The van der Waals surface area contributed by atoms with Crippen LogP contribution in [0.3, 0.4) is 0 Å². The molecule has 1 aromatic carbocycles. The van der Waals surface area contributed by atoms with Crippen LogP contribution in [0.25, 0.3) is 0 Å². The summed E-state index contributed by atoms with van der Waals surface area (Å²) in [5, 5.41) is 2.75. The van der Waals surface area contributed by atoms with Crippen molar-refractivity contribution >= 4 is 18.2 Å². The van der Waals surface area contributed by atoms with E-state index in [1.165, 1.54) is 4.90 Å². The van der Waals surface area contributed by atoms with E-state index in [0.29, 0.717) is 13.0 Å². The van der Waals surface area contributed by atoms with E-state index in [0.717, 1.165) is 5.56 Å². The number of likely N-dealkylation sites (tertiary alicyclic amines) is 1. The van der Waals surface area contributed by atoms with Gasteiger partial charge in [-0.1, -0.05) is 30.3 Å². The van der Waals surface area contributed by atoms with Crippen molar-refractivity contribution < 1.29 is 28.6 Å². The minimum atomic E-state index is -0.694. The van der Waals surface area contributed by atoms with E-state index < -0.39 is 35.7 Å². The molecule has 2 atom stereocenters. The van der Waals surface area contributed by atoms with Crippen molar-refractivity contribution in [2.45, 2.75) is 52.4 Å². The fourth-order valence-corrected chi connectivity index (χ4v) is 3.02. The van der Waals surface area contributed by atoms with Gasteiger partial charge in [0.15, 0.2) is 0 Å². The van der Waals surface area contributed by atoms with Gasteiger partial charge in [-0.25, -0.2) is 9.59 Å². The number of carbonyl (C=O) groups excluding carboxylic acids is 3. The van der Waals surface area contributed by atoms with E-state index in [2.05, 4.69) is 5.32 Å². The molecule has 1 saturated heterocycles. The van der Waals surface area contributed by atoms with Gasteiger partial charge in [-0.3, -0.25) is 4.79 Å². The van der Waals surface area contributed by atoms with Crippen molar-refractivity contribution in [3.63, 3.8) is 0 Å². The number of esters is 1. The average Bonchev–Trinajstić information content (AvgIpc) is 2.66. The summed E-state index contributed by atoms with van der Waals surface area (Å²) in [6.45, 7) is 7.87. The molecule has 0 bridgehead atoms. The van der Waals surface area contributed by atoms with Crippen LogP contribution in [0.2, 0.25) is 0 Å². The summed E-state index contributed by atoms with van der Waals surface area (Å²) in [5.74, 6) is -1.16. The van der Waals surface area contributed by atoms with Crippen molar-refractivity contribution in [3.8, 4) is 0 Å². The number of benzene rings is 1. The molecule has 8 heteroatoms. The van der Waals surface area contributed by atoms with E-state index in [4.69, 9.17) is 14.2 Å². The summed E-state index contributed by atoms with van der Waals surface area (Å²) in [4.78, 5) is 38.5. The first-order valence-electron chi connectivity index (χ1n) is 9.81. The Bertz CT molecular complexity index is 701. The first kappa shape index (κ1) is 22.5. The SMILES string of the molecule is CCOC(=O)[C@H]1CN(C(=O)OC(C)(C)C)CC[C@@H]1NC(=O)OCc1ccccc1. The van der Waals surface area contributed by atoms with Crippen LogP contribution in [0.1, 0.15) is 39.7 Å². The van der Waals surface area contributed by atoms with Crippen molar-refractivity contribution in [3.05, 3.63) is 35.9 Å². The van der Waals surface area contributed by atoms with Crippen LogP contribution in [0, 0.1) is 5.92 Å². The molecule has 29 heavy (non-hydrogen) atoms. The van der Waals surface area contributed by atoms with Gasteiger partial charge in [0.25, 0.3) is 0 Å². The number of nitrogens with one attached hydrogen (secondary N) is 1. The third-order valence-electron chi connectivity index (χ3n) is 4.37. The average molecular weight is 406 g/mol. The lowest BCUT2D eigenvalue weighted by Gasteiger charge is -2.37. The first-order valence-corrected chi connectivity index (χ1v) is 9.81. The molecule has 1 aliphatic heterocycles. The molecule has 0 radical (unpaired) electrons. The molecule has 1 heterocycles. The maximum Gasteiger partial charge on any atom is 0.410 e. The minimum absolute atomic E-state index is 0.109. The van der Waals surface area contributed by atoms with Gasteiger partial charge in [-0.2, -0.15) is 0 Å². The zero-order valence-corrected chi connectivity index (χ0v) is 17.5. The molecule has 1 aliphatic rings. The van der Waals surface area contributed by atoms with Crippen LogP contribution in [-0.4, -0.2) is 54.4 Å². The van der Waals surface area contributed by atoms with Gasteiger partial charge in [0.2, 0.25) is 0 Å². The third-order valence-corrected chi connectivity index (χ3v) is 4.37. The molecule has 0 spiro atoms. The van der Waals surface area contributed by atoms with Crippen molar-refractivity contribution in [2.24, 2.45) is 5.92 Å². The van der Waals surface area contributed by atoms with Crippen LogP contribution < -0.4 is 5.32 Å². The summed E-state index contributed by atoms with van der Waals surface area (Å²) in [6, 6.07) is 8.82. The lowest BCUT2D eigenvalue weighted by atomic mass is 9.92. The summed E-state index contributed by atoms with van der Waals surface area (Å²) in [5.41, 5.74) is 0.233. The Balaban J connectivity index is 1.97. The van der Waals surface area contributed by atoms with E-state index in [9.17, 15) is 14.4 Å². The van der Waals surface area contributed by atoms with E-state index >= 15 is 0 Å². The Morgan fingerprint density at radius 1 is 1.14 bits per heavy atom. The molecule has 8 nitrogen and oxygen atoms in total. The zero-order chi connectivity index (χ0) is 21.4. The number of piperidine rings is 1. The molecule has 0 aliphatic carbocycles.